The van der Waals surface area contributed by atoms with Crippen LogP contribution in [-0.2, 0) is 11.3 Å². The van der Waals surface area contributed by atoms with Crippen LogP contribution >= 0.6 is 11.8 Å². The van der Waals surface area contributed by atoms with Gasteiger partial charge in [0.2, 0.25) is 0 Å². The Morgan fingerprint density at radius 3 is 2.29 bits per heavy atom. The van der Waals surface area contributed by atoms with Gasteiger partial charge in [-0.05, 0) is 86.7 Å². The third-order valence-corrected chi connectivity index (χ3v) is 9.11. The van der Waals surface area contributed by atoms with Gasteiger partial charge in [0, 0.05) is 57.3 Å². The molecule has 2 aliphatic rings. The number of carboxylic acid groups (broad SMARTS) is 1. The van der Waals surface area contributed by atoms with E-state index < -0.39 is 23.4 Å². The summed E-state index contributed by atoms with van der Waals surface area (Å²) in [6.45, 7) is 7.91. The average molecular weight is 652 g/mol. The van der Waals surface area contributed by atoms with Crippen molar-refractivity contribution >= 4 is 34.4 Å². The molecule has 0 bridgehead atoms. The molecule has 13 heteroatoms. The summed E-state index contributed by atoms with van der Waals surface area (Å²) in [5, 5.41) is 25.2. The fourth-order valence-corrected chi connectivity index (χ4v) is 6.26. The van der Waals surface area contributed by atoms with E-state index in [1.807, 2.05) is 38.2 Å². The van der Waals surface area contributed by atoms with Gasteiger partial charge in [0.05, 0.1) is 0 Å². The fourth-order valence-electron chi connectivity index (χ4n) is 4.95. The lowest BCUT2D eigenvalue weighted by atomic mass is 9.94. The zero-order valence-corrected chi connectivity index (χ0v) is 26.1. The summed E-state index contributed by atoms with van der Waals surface area (Å²) in [6, 6.07) is 8.86. The molecule has 3 aromatic rings. The van der Waals surface area contributed by atoms with Crippen molar-refractivity contribution in [3.05, 3.63) is 63.8 Å². The first kappa shape index (κ1) is 34.5. The van der Waals surface area contributed by atoms with E-state index in [1.54, 1.807) is 29.3 Å². The molecular weight excluding hydrogens is 614 g/mol. The number of hydrogen-bond acceptors (Lipinski definition) is 6. The van der Waals surface area contributed by atoms with Crippen LogP contribution < -0.4 is 16.2 Å². The Kier molecular flexibility index (Phi) is 10.7. The van der Waals surface area contributed by atoms with E-state index in [4.69, 9.17) is 9.90 Å². The van der Waals surface area contributed by atoms with Crippen molar-refractivity contribution in [3.63, 3.8) is 0 Å². The Hall–Kier alpha value is -3.42. The summed E-state index contributed by atoms with van der Waals surface area (Å²) in [6.07, 6.45) is 0.834. The number of aliphatic hydroxyl groups excluding tert-OH is 1. The van der Waals surface area contributed by atoms with Crippen molar-refractivity contribution in [2.75, 3.05) is 19.7 Å². The van der Waals surface area contributed by atoms with Crippen molar-refractivity contribution in [1.82, 2.24) is 15.2 Å². The van der Waals surface area contributed by atoms with Crippen LogP contribution in [0.15, 0.2) is 46.2 Å². The minimum Gasteiger partial charge on any atom is -0.475 e. The van der Waals surface area contributed by atoms with Gasteiger partial charge in [-0.3, -0.25) is 9.59 Å². The number of nitrogens with zero attached hydrogens (tertiary/aromatic N) is 1. The SMILES string of the molecule is Cc1c(F)cc(C(=O)NC2CC2)cc1-c1ccc2c(=O)n(CC(C)(C)CO)cc(SC3CCNCC3)c2c1.O=C(O)C(F)(F)F. The first-order valence-electron chi connectivity index (χ1n) is 14.7. The van der Waals surface area contributed by atoms with Gasteiger partial charge in [0.25, 0.3) is 11.5 Å². The van der Waals surface area contributed by atoms with E-state index in [9.17, 15) is 32.3 Å². The van der Waals surface area contributed by atoms with E-state index in [1.165, 1.54) is 6.07 Å². The molecule has 2 aromatic carbocycles. The van der Waals surface area contributed by atoms with Crippen LogP contribution in [0.4, 0.5) is 17.6 Å². The molecule has 0 spiro atoms. The standard InChI is InChI=1S/C30H36FN3O3S.C2HF3O2/c1-18-24(13-20(14-26(18)31)28(36)33-21-5-6-21)19-4-7-23-25(12-19)27(38-22-8-10-32-11-9-22)15-34(29(23)37)16-30(2,3)17-35;3-2(4,5)1(6)7/h4,7,12-15,21-22,32,35H,5-6,8-11,16-17H2,1-3H3,(H,33,36);(H,6,7). The third kappa shape index (κ3) is 8.86. The van der Waals surface area contributed by atoms with E-state index in [2.05, 4.69) is 10.6 Å². The van der Waals surface area contributed by atoms with E-state index in [-0.39, 0.29) is 24.1 Å². The number of aromatic nitrogens is 1. The van der Waals surface area contributed by atoms with Gasteiger partial charge in [-0.1, -0.05) is 19.9 Å². The number of amides is 1. The highest BCUT2D eigenvalue weighted by atomic mass is 32.2. The smallest absolute Gasteiger partial charge is 0.475 e. The van der Waals surface area contributed by atoms with Gasteiger partial charge in [-0.25, -0.2) is 9.18 Å². The lowest BCUT2D eigenvalue weighted by Crippen LogP contribution is -2.31. The molecule has 1 aliphatic carbocycles. The molecule has 1 aliphatic heterocycles. The molecule has 45 heavy (non-hydrogen) atoms. The average Bonchev–Trinajstić information content (AvgIpc) is 3.81. The van der Waals surface area contributed by atoms with Crippen LogP contribution in [0.25, 0.3) is 21.9 Å². The molecule has 2 heterocycles. The second kappa shape index (κ2) is 13.9. The van der Waals surface area contributed by atoms with Crippen molar-refractivity contribution in [1.29, 1.82) is 0 Å². The van der Waals surface area contributed by atoms with E-state index >= 15 is 0 Å². The van der Waals surface area contributed by atoms with Crippen molar-refractivity contribution in [2.45, 2.75) is 75.4 Å². The number of benzene rings is 2. The number of carbonyl (C=O) groups excluding carboxylic acids is 1. The molecule has 0 atom stereocenters. The summed E-state index contributed by atoms with van der Waals surface area (Å²) >= 11 is 1.78. The van der Waals surface area contributed by atoms with Gasteiger partial charge < -0.3 is 25.4 Å². The number of nitrogens with one attached hydrogen (secondary N) is 2. The minimum atomic E-state index is -5.08. The molecule has 0 unspecified atom stereocenters. The molecule has 4 N–H and O–H groups in total. The number of hydrogen-bond donors (Lipinski definition) is 4. The fraction of sp³-hybridized carbons (Fsp3) is 0.469. The molecule has 1 aromatic heterocycles. The monoisotopic (exact) mass is 651 g/mol. The first-order valence-corrected chi connectivity index (χ1v) is 15.5. The molecule has 1 saturated heterocycles. The Labute approximate surface area is 262 Å². The number of carboxylic acids is 1. The number of halogens is 4. The Morgan fingerprint density at radius 1 is 1.07 bits per heavy atom. The number of alkyl halides is 3. The Morgan fingerprint density at radius 2 is 1.71 bits per heavy atom. The summed E-state index contributed by atoms with van der Waals surface area (Å²) in [7, 11) is 0. The maximum atomic E-state index is 15.0. The third-order valence-electron chi connectivity index (χ3n) is 7.73. The number of aliphatic hydroxyl groups is 1. The molecule has 8 nitrogen and oxygen atoms in total. The molecule has 5 rings (SSSR count). The molecule has 0 radical (unpaired) electrons. The van der Waals surface area contributed by atoms with E-state index in [0.29, 0.717) is 33.9 Å². The second-order valence-corrected chi connectivity index (χ2v) is 13.6. The van der Waals surface area contributed by atoms with Crippen molar-refractivity contribution < 1.29 is 37.4 Å². The highest BCUT2D eigenvalue weighted by molar-refractivity contribution is 8.00. The summed E-state index contributed by atoms with van der Waals surface area (Å²) < 4.78 is 48.4. The van der Waals surface area contributed by atoms with Crippen LogP contribution in [0.5, 0.6) is 0 Å². The van der Waals surface area contributed by atoms with Gasteiger partial charge in [0.15, 0.2) is 0 Å². The number of piperidine rings is 1. The van der Waals surface area contributed by atoms with Gasteiger partial charge in [-0.15, -0.1) is 11.8 Å². The van der Waals surface area contributed by atoms with Crippen LogP contribution in [0.2, 0.25) is 0 Å². The minimum absolute atomic E-state index is 0.0251. The Balaban J connectivity index is 0.000000591. The van der Waals surface area contributed by atoms with Crippen LogP contribution in [0, 0.1) is 18.2 Å². The topological polar surface area (TPSA) is 121 Å². The summed E-state index contributed by atoms with van der Waals surface area (Å²) in [4.78, 5) is 36.1. The molecule has 244 valence electrons. The Bertz CT molecular complexity index is 1630. The summed E-state index contributed by atoms with van der Waals surface area (Å²) in [5.74, 6) is -3.44. The highest BCUT2D eigenvalue weighted by Crippen LogP contribution is 2.37. The number of pyridine rings is 1. The first-order chi connectivity index (χ1) is 21.1. The van der Waals surface area contributed by atoms with Crippen LogP contribution in [0.3, 0.4) is 0 Å². The maximum Gasteiger partial charge on any atom is 0.490 e. The van der Waals surface area contributed by atoms with Crippen molar-refractivity contribution in [3.8, 4) is 11.1 Å². The maximum absolute atomic E-state index is 15.0. The number of rotatable bonds is 8. The number of aliphatic carboxylic acids is 1. The van der Waals surface area contributed by atoms with Gasteiger partial charge in [0.1, 0.15) is 5.82 Å². The molecule has 1 amide bonds. The quantitative estimate of drug-likeness (QED) is 0.237. The van der Waals surface area contributed by atoms with Crippen molar-refractivity contribution in [2.24, 2.45) is 5.41 Å². The number of thioether (sulfide) groups is 1. The zero-order chi connectivity index (χ0) is 33.1. The van der Waals surface area contributed by atoms with Gasteiger partial charge in [-0.2, -0.15) is 13.2 Å². The summed E-state index contributed by atoms with van der Waals surface area (Å²) in [5.41, 5.74) is 1.65. The lowest BCUT2D eigenvalue weighted by molar-refractivity contribution is -0.192. The van der Waals surface area contributed by atoms with Crippen LogP contribution in [0.1, 0.15) is 55.5 Å². The largest absolute Gasteiger partial charge is 0.490 e. The second-order valence-electron chi connectivity index (χ2n) is 12.3. The molecule has 1 saturated carbocycles. The lowest BCUT2D eigenvalue weighted by Gasteiger charge is -2.26. The number of fused-ring (bicyclic) bond motifs is 1. The van der Waals surface area contributed by atoms with E-state index in [0.717, 1.165) is 54.6 Å². The predicted octanol–water partition coefficient (Wildman–Crippen LogP) is 5.50. The zero-order valence-electron chi connectivity index (χ0n) is 25.3. The normalized spacial score (nSPS) is 15.8. The predicted molar refractivity (Wildman–Crippen MR) is 165 cm³/mol. The van der Waals surface area contributed by atoms with Crippen LogP contribution in [-0.4, -0.2) is 63.8 Å². The highest BCUT2D eigenvalue weighted by Gasteiger charge is 2.38. The van der Waals surface area contributed by atoms with Gasteiger partial charge >= 0.3 is 12.1 Å². The molecule has 2 fully saturated rings. The number of carbonyl (C=O) groups is 2. The molecular formula is C32H37F4N3O5S.